The number of hydrogen-bond acceptors (Lipinski definition) is 4. The number of benzene rings is 1. The number of nitrogens with zero attached hydrogens (tertiary/aromatic N) is 2. The minimum atomic E-state index is -2.79. The topological polar surface area (TPSA) is 66.9 Å². The molecule has 194 valence electrons. The first-order chi connectivity index (χ1) is 17.7. The Labute approximate surface area is 210 Å². The van der Waals surface area contributed by atoms with E-state index in [1.807, 2.05) is 0 Å². The van der Waals surface area contributed by atoms with E-state index in [0.717, 1.165) is 43.7 Å². The van der Waals surface area contributed by atoms with Crippen molar-refractivity contribution in [2.75, 3.05) is 11.9 Å². The smallest absolute Gasteiger partial charge is 0.257 e. The van der Waals surface area contributed by atoms with Gasteiger partial charge in [-0.3, -0.25) is 14.8 Å². The number of halogens is 5. The van der Waals surface area contributed by atoms with Gasteiger partial charge in [0.2, 0.25) is 5.92 Å². The lowest BCUT2D eigenvalue weighted by Gasteiger charge is -2.29. The Balaban J connectivity index is 1.52. The molecule has 1 aliphatic heterocycles. The number of alkyl halides is 2. The van der Waals surface area contributed by atoms with Gasteiger partial charge in [-0.05, 0) is 62.6 Å². The molecule has 1 aromatic carbocycles. The van der Waals surface area contributed by atoms with Gasteiger partial charge in [0.25, 0.3) is 5.91 Å². The van der Waals surface area contributed by atoms with Crippen molar-refractivity contribution in [1.82, 2.24) is 15.3 Å². The van der Waals surface area contributed by atoms with Crippen LogP contribution in [0.1, 0.15) is 72.2 Å². The minimum Gasteiger partial charge on any atom is -0.320 e. The molecule has 10 heteroatoms. The van der Waals surface area contributed by atoms with E-state index >= 15 is 0 Å². The van der Waals surface area contributed by atoms with Crippen LogP contribution in [-0.4, -0.2) is 28.3 Å². The quantitative estimate of drug-likeness (QED) is 0.379. The van der Waals surface area contributed by atoms with Crippen LogP contribution in [0, 0.1) is 17.5 Å². The fraction of sp³-hybridized carbons (Fsp3) is 0.370. The third-order valence-corrected chi connectivity index (χ3v) is 7.06. The highest BCUT2D eigenvalue weighted by Crippen LogP contribution is 2.44. The van der Waals surface area contributed by atoms with Crippen molar-refractivity contribution < 1.29 is 26.7 Å². The fourth-order valence-corrected chi connectivity index (χ4v) is 5.09. The Hall–Kier alpha value is -3.40. The maximum Gasteiger partial charge on any atom is 0.257 e. The molecule has 1 atom stereocenters. The summed E-state index contributed by atoms with van der Waals surface area (Å²) in [4.78, 5) is 21.7. The Morgan fingerprint density at radius 2 is 1.73 bits per heavy atom. The predicted octanol–water partition coefficient (Wildman–Crippen LogP) is 6.53. The molecular formula is C27H25F5N4O. The maximum atomic E-state index is 14.8. The molecule has 1 unspecified atom stereocenters. The van der Waals surface area contributed by atoms with Gasteiger partial charge < -0.3 is 10.6 Å². The van der Waals surface area contributed by atoms with Crippen LogP contribution < -0.4 is 10.6 Å². The number of pyridine rings is 2. The van der Waals surface area contributed by atoms with Crippen LogP contribution in [0.3, 0.4) is 0 Å². The monoisotopic (exact) mass is 516 g/mol. The number of anilines is 1. The van der Waals surface area contributed by atoms with Crippen molar-refractivity contribution in [3.8, 4) is 11.1 Å². The average molecular weight is 517 g/mol. The first-order valence-corrected chi connectivity index (χ1v) is 12.2. The second-order valence-electron chi connectivity index (χ2n) is 9.57. The molecule has 1 saturated carbocycles. The largest absolute Gasteiger partial charge is 0.320 e. The second kappa shape index (κ2) is 10.2. The molecule has 5 rings (SSSR count). The van der Waals surface area contributed by atoms with Crippen molar-refractivity contribution in [2.24, 2.45) is 0 Å². The molecule has 2 fully saturated rings. The summed E-state index contributed by atoms with van der Waals surface area (Å²) >= 11 is 0. The lowest BCUT2D eigenvalue weighted by molar-refractivity contribution is -0.0384. The Morgan fingerprint density at radius 1 is 0.946 bits per heavy atom. The van der Waals surface area contributed by atoms with E-state index in [-0.39, 0.29) is 59.8 Å². The highest BCUT2D eigenvalue weighted by Gasteiger charge is 2.37. The first kappa shape index (κ1) is 25.3. The molecule has 1 amide bonds. The standard InChI is InChI=1S/C27H25F5N4O/c28-17-3-4-20(29)19(13-17)18-7-11-34-23(15-5-8-27(31,32)9-6-15)24(18)36-26(37)16-12-21(30)25(35-14-16)22-2-1-10-33-22/h3-4,7,11-15,22,33H,1-2,5-6,8-10H2,(H,36,37). The van der Waals surface area contributed by atoms with Crippen LogP contribution in [0.5, 0.6) is 0 Å². The highest BCUT2D eigenvalue weighted by molar-refractivity contribution is 6.06. The Kier molecular flexibility index (Phi) is 6.94. The lowest BCUT2D eigenvalue weighted by Crippen LogP contribution is -2.25. The molecule has 2 aromatic heterocycles. The summed E-state index contributed by atoms with van der Waals surface area (Å²) < 4.78 is 71.3. The summed E-state index contributed by atoms with van der Waals surface area (Å²) in [5, 5.41) is 5.83. The van der Waals surface area contributed by atoms with E-state index in [1.165, 1.54) is 18.5 Å². The van der Waals surface area contributed by atoms with Crippen molar-refractivity contribution in [3.63, 3.8) is 0 Å². The number of carbonyl (C=O) groups excluding carboxylic acids is 1. The van der Waals surface area contributed by atoms with E-state index in [2.05, 4.69) is 20.6 Å². The molecule has 3 heterocycles. The third kappa shape index (κ3) is 5.34. The molecular weight excluding hydrogens is 491 g/mol. The molecule has 0 spiro atoms. The molecule has 2 aliphatic rings. The van der Waals surface area contributed by atoms with Crippen LogP contribution in [0.25, 0.3) is 11.1 Å². The van der Waals surface area contributed by atoms with E-state index in [0.29, 0.717) is 5.69 Å². The van der Waals surface area contributed by atoms with Crippen LogP contribution in [-0.2, 0) is 0 Å². The van der Waals surface area contributed by atoms with E-state index in [4.69, 9.17) is 0 Å². The zero-order valence-electron chi connectivity index (χ0n) is 19.8. The number of nitrogens with one attached hydrogen (secondary N) is 2. The third-order valence-electron chi connectivity index (χ3n) is 7.06. The van der Waals surface area contributed by atoms with Crippen LogP contribution in [0.15, 0.2) is 42.7 Å². The summed E-state index contributed by atoms with van der Waals surface area (Å²) in [7, 11) is 0. The second-order valence-corrected chi connectivity index (χ2v) is 9.57. The van der Waals surface area contributed by atoms with Crippen molar-refractivity contribution >= 4 is 11.6 Å². The Morgan fingerprint density at radius 3 is 2.43 bits per heavy atom. The van der Waals surface area contributed by atoms with Gasteiger partial charge in [0.1, 0.15) is 17.5 Å². The fourth-order valence-electron chi connectivity index (χ4n) is 5.09. The molecule has 37 heavy (non-hydrogen) atoms. The molecule has 1 aliphatic carbocycles. The van der Waals surface area contributed by atoms with Crippen molar-refractivity contribution in [1.29, 1.82) is 0 Å². The van der Waals surface area contributed by atoms with Crippen LogP contribution >= 0.6 is 0 Å². The van der Waals surface area contributed by atoms with E-state index in [1.54, 1.807) is 0 Å². The Bertz CT molecular complexity index is 1320. The van der Waals surface area contributed by atoms with Gasteiger partial charge in [-0.25, -0.2) is 22.0 Å². The van der Waals surface area contributed by atoms with Gasteiger partial charge in [0, 0.05) is 42.3 Å². The lowest BCUT2D eigenvalue weighted by atomic mass is 9.83. The zero-order valence-corrected chi connectivity index (χ0v) is 19.8. The van der Waals surface area contributed by atoms with Crippen molar-refractivity contribution in [2.45, 2.75) is 56.4 Å². The molecule has 0 radical (unpaired) electrons. The van der Waals surface area contributed by atoms with Crippen LogP contribution in [0.2, 0.25) is 0 Å². The number of rotatable bonds is 5. The number of amides is 1. The summed E-state index contributed by atoms with van der Waals surface area (Å²) in [6.45, 7) is 0.754. The average Bonchev–Trinajstić information content (AvgIpc) is 3.40. The van der Waals surface area contributed by atoms with Crippen LogP contribution in [0.4, 0.5) is 27.6 Å². The summed E-state index contributed by atoms with van der Waals surface area (Å²) in [5.74, 6) is -6.00. The van der Waals surface area contributed by atoms with Gasteiger partial charge in [-0.1, -0.05) is 0 Å². The SMILES string of the molecule is O=C(Nc1c(-c2cc(F)ccc2F)ccnc1C1CCC(F)(F)CC1)c1cnc(C2CCCN2)c(F)c1. The summed E-state index contributed by atoms with van der Waals surface area (Å²) in [6, 6.07) is 5.20. The van der Waals surface area contributed by atoms with Gasteiger partial charge in [0.15, 0.2) is 0 Å². The van der Waals surface area contributed by atoms with Gasteiger partial charge in [0.05, 0.1) is 28.7 Å². The van der Waals surface area contributed by atoms with Gasteiger partial charge in [-0.15, -0.1) is 0 Å². The van der Waals surface area contributed by atoms with Crippen molar-refractivity contribution in [3.05, 3.63) is 77.1 Å². The normalized spacial score (nSPS) is 19.6. The number of aromatic nitrogens is 2. The molecule has 3 aromatic rings. The van der Waals surface area contributed by atoms with E-state index < -0.39 is 35.2 Å². The summed E-state index contributed by atoms with van der Waals surface area (Å²) in [6.07, 6.45) is 3.78. The summed E-state index contributed by atoms with van der Waals surface area (Å²) in [5.41, 5.74) is 0.552. The first-order valence-electron chi connectivity index (χ1n) is 12.2. The minimum absolute atomic E-state index is 0.0742. The number of hydrogen-bond donors (Lipinski definition) is 2. The maximum absolute atomic E-state index is 14.8. The zero-order chi connectivity index (χ0) is 26.2. The molecule has 0 bridgehead atoms. The molecule has 5 nitrogen and oxygen atoms in total. The van der Waals surface area contributed by atoms with E-state index in [9.17, 15) is 26.7 Å². The van der Waals surface area contributed by atoms with Gasteiger partial charge in [-0.2, -0.15) is 0 Å². The number of carbonyl (C=O) groups is 1. The van der Waals surface area contributed by atoms with Gasteiger partial charge >= 0.3 is 0 Å². The molecule has 2 N–H and O–H groups in total. The highest BCUT2D eigenvalue weighted by atomic mass is 19.3. The molecule has 1 saturated heterocycles. The predicted molar refractivity (Wildman–Crippen MR) is 128 cm³/mol.